The second-order valence-electron chi connectivity index (χ2n) is 5.31. The number of nitriles is 1. The van der Waals surface area contributed by atoms with Crippen LogP contribution in [0, 0.1) is 25.2 Å². The van der Waals surface area contributed by atoms with Gasteiger partial charge in [0.25, 0.3) is 0 Å². The van der Waals surface area contributed by atoms with Crippen LogP contribution in [-0.4, -0.2) is 23.1 Å². The van der Waals surface area contributed by atoms with Crippen molar-refractivity contribution in [2.45, 2.75) is 26.6 Å². The van der Waals surface area contributed by atoms with Gasteiger partial charge in [-0.2, -0.15) is 18.4 Å². The molecule has 0 saturated heterocycles. The van der Waals surface area contributed by atoms with Gasteiger partial charge < -0.3 is 9.30 Å². The highest BCUT2D eigenvalue weighted by Gasteiger charge is 2.30. The quantitative estimate of drug-likeness (QED) is 0.781. The standard InChI is InChI=1S/C17H15F3N2O2/c1-11-7-14(12(2)22(11)10-17(18,19)20)15(23)9-24-16-6-4-3-5-13(16)8-21/h3-7H,9-10H2,1-2H3. The van der Waals surface area contributed by atoms with Crippen LogP contribution in [0.5, 0.6) is 5.75 Å². The summed E-state index contributed by atoms with van der Waals surface area (Å²) < 4.78 is 44.2. The van der Waals surface area contributed by atoms with Gasteiger partial charge in [-0.25, -0.2) is 0 Å². The minimum absolute atomic E-state index is 0.186. The molecule has 0 aliphatic heterocycles. The lowest BCUT2D eigenvalue weighted by Gasteiger charge is -2.12. The Balaban J connectivity index is 2.16. The van der Waals surface area contributed by atoms with Crippen molar-refractivity contribution in [1.29, 1.82) is 5.26 Å². The lowest BCUT2D eigenvalue weighted by atomic mass is 10.1. The number of Topliss-reactive ketones (excluding diaryl/α,β-unsaturated/α-hetero) is 1. The number of carbonyl (C=O) groups excluding carboxylic acids is 1. The van der Waals surface area contributed by atoms with E-state index in [9.17, 15) is 18.0 Å². The van der Waals surface area contributed by atoms with E-state index in [4.69, 9.17) is 10.00 Å². The maximum Gasteiger partial charge on any atom is 0.406 e. The maximum atomic E-state index is 12.6. The minimum atomic E-state index is -4.36. The van der Waals surface area contributed by atoms with Gasteiger partial charge >= 0.3 is 6.18 Å². The second kappa shape index (κ2) is 6.79. The third-order valence-corrected chi connectivity index (χ3v) is 3.58. The summed E-state index contributed by atoms with van der Waals surface area (Å²) in [7, 11) is 0. The Morgan fingerprint density at radius 2 is 1.96 bits per heavy atom. The van der Waals surface area contributed by atoms with Gasteiger partial charge in [-0.1, -0.05) is 12.1 Å². The van der Waals surface area contributed by atoms with Crippen LogP contribution < -0.4 is 4.74 Å². The molecule has 0 unspecified atom stereocenters. The topological polar surface area (TPSA) is 55.0 Å². The molecule has 2 rings (SSSR count). The van der Waals surface area contributed by atoms with Crippen LogP contribution >= 0.6 is 0 Å². The molecule has 7 heteroatoms. The number of carbonyl (C=O) groups is 1. The molecule has 24 heavy (non-hydrogen) atoms. The molecule has 2 aromatic rings. The fourth-order valence-corrected chi connectivity index (χ4v) is 2.41. The summed E-state index contributed by atoms with van der Waals surface area (Å²) in [6, 6.07) is 9.80. The number of nitrogens with zero attached hydrogens (tertiary/aromatic N) is 2. The van der Waals surface area contributed by atoms with Crippen molar-refractivity contribution in [1.82, 2.24) is 4.57 Å². The molecule has 1 heterocycles. The number of aryl methyl sites for hydroxylation is 1. The van der Waals surface area contributed by atoms with E-state index >= 15 is 0 Å². The minimum Gasteiger partial charge on any atom is -0.484 e. The lowest BCUT2D eigenvalue weighted by Crippen LogP contribution is -2.20. The molecule has 0 saturated carbocycles. The van der Waals surface area contributed by atoms with Crippen molar-refractivity contribution in [3.8, 4) is 11.8 Å². The van der Waals surface area contributed by atoms with Crippen LogP contribution in [0.15, 0.2) is 30.3 Å². The Hall–Kier alpha value is -2.75. The fraction of sp³-hybridized carbons (Fsp3) is 0.294. The van der Waals surface area contributed by atoms with Crippen LogP contribution in [0.4, 0.5) is 13.2 Å². The summed E-state index contributed by atoms with van der Waals surface area (Å²) in [5, 5.41) is 8.97. The molecule has 0 radical (unpaired) electrons. The molecule has 0 amide bonds. The first-order valence-electron chi connectivity index (χ1n) is 7.11. The van der Waals surface area contributed by atoms with Crippen molar-refractivity contribution in [2.24, 2.45) is 0 Å². The number of alkyl halides is 3. The Labute approximate surface area is 137 Å². The van der Waals surface area contributed by atoms with Crippen molar-refractivity contribution >= 4 is 5.78 Å². The van der Waals surface area contributed by atoms with E-state index in [2.05, 4.69) is 0 Å². The average Bonchev–Trinajstić information content (AvgIpc) is 2.79. The normalized spacial score (nSPS) is 11.2. The molecule has 0 spiro atoms. The monoisotopic (exact) mass is 336 g/mol. The molecule has 0 atom stereocenters. The summed E-state index contributed by atoms with van der Waals surface area (Å²) in [6.07, 6.45) is -4.36. The smallest absolute Gasteiger partial charge is 0.406 e. The number of hydrogen-bond donors (Lipinski definition) is 0. The number of benzene rings is 1. The van der Waals surface area contributed by atoms with Crippen LogP contribution in [0.1, 0.15) is 27.3 Å². The van der Waals surface area contributed by atoms with E-state index in [1.54, 1.807) is 24.3 Å². The summed E-state index contributed by atoms with van der Waals surface area (Å²) in [4.78, 5) is 12.3. The predicted octanol–water partition coefficient (Wildman–Crippen LogP) is 3.80. The molecule has 0 aliphatic carbocycles. The van der Waals surface area contributed by atoms with E-state index in [1.165, 1.54) is 19.9 Å². The summed E-state index contributed by atoms with van der Waals surface area (Å²) >= 11 is 0. The van der Waals surface area contributed by atoms with E-state index < -0.39 is 18.5 Å². The number of ether oxygens (including phenoxy) is 1. The van der Waals surface area contributed by atoms with Gasteiger partial charge in [-0.15, -0.1) is 0 Å². The molecule has 0 N–H and O–H groups in total. The number of para-hydroxylation sites is 1. The first kappa shape index (κ1) is 17.6. The van der Waals surface area contributed by atoms with Crippen LogP contribution in [0.2, 0.25) is 0 Å². The first-order valence-corrected chi connectivity index (χ1v) is 7.11. The van der Waals surface area contributed by atoms with Gasteiger partial charge in [0.1, 0.15) is 18.4 Å². The Bertz CT molecular complexity index is 801. The predicted molar refractivity (Wildman–Crippen MR) is 80.9 cm³/mol. The average molecular weight is 336 g/mol. The second-order valence-corrected chi connectivity index (χ2v) is 5.31. The molecule has 1 aromatic heterocycles. The number of rotatable bonds is 5. The maximum absolute atomic E-state index is 12.6. The molecule has 0 aliphatic rings. The molecule has 0 bridgehead atoms. The van der Waals surface area contributed by atoms with Crippen molar-refractivity contribution in [3.05, 3.63) is 52.8 Å². The Morgan fingerprint density at radius 3 is 2.58 bits per heavy atom. The van der Waals surface area contributed by atoms with E-state index in [0.717, 1.165) is 4.57 Å². The SMILES string of the molecule is Cc1cc(C(=O)COc2ccccc2C#N)c(C)n1CC(F)(F)F. The van der Waals surface area contributed by atoms with Gasteiger partial charge in [0, 0.05) is 17.0 Å². The summed E-state index contributed by atoms with van der Waals surface area (Å²) in [6.45, 7) is 1.49. The van der Waals surface area contributed by atoms with Gasteiger partial charge in [-0.05, 0) is 32.0 Å². The van der Waals surface area contributed by atoms with Gasteiger partial charge in [-0.3, -0.25) is 4.79 Å². The van der Waals surface area contributed by atoms with Crippen molar-refractivity contribution < 1.29 is 22.7 Å². The zero-order valence-corrected chi connectivity index (χ0v) is 13.1. The third kappa shape index (κ3) is 3.96. The van der Waals surface area contributed by atoms with E-state index in [-0.39, 0.29) is 29.2 Å². The highest BCUT2D eigenvalue weighted by Crippen LogP contribution is 2.24. The van der Waals surface area contributed by atoms with E-state index in [1.807, 2.05) is 6.07 Å². The number of hydrogen-bond acceptors (Lipinski definition) is 3. The lowest BCUT2D eigenvalue weighted by molar-refractivity contribution is -0.141. The zero-order valence-electron chi connectivity index (χ0n) is 13.1. The summed E-state index contributed by atoms with van der Waals surface area (Å²) in [5.74, 6) is -0.179. The Kier molecular flexibility index (Phi) is 4.98. The largest absolute Gasteiger partial charge is 0.484 e. The molecule has 0 fully saturated rings. The van der Waals surface area contributed by atoms with E-state index in [0.29, 0.717) is 5.69 Å². The highest BCUT2D eigenvalue weighted by molar-refractivity contribution is 5.98. The van der Waals surface area contributed by atoms with Crippen LogP contribution in [0.3, 0.4) is 0 Å². The van der Waals surface area contributed by atoms with Crippen LogP contribution in [0.25, 0.3) is 0 Å². The number of aromatic nitrogens is 1. The molecular weight excluding hydrogens is 321 g/mol. The number of ketones is 1. The van der Waals surface area contributed by atoms with Crippen molar-refractivity contribution in [2.75, 3.05) is 6.61 Å². The fourth-order valence-electron chi connectivity index (χ4n) is 2.41. The van der Waals surface area contributed by atoms with Gasteiger partial charge in [0.15, 0.2) is 6.61 Å². The van der Waals surface area contributed by atoms with Gasteiger partial charge in [0.05, 0.1) is 5.56 Å². The van der Waals surface area contributed by atoms with Crippen LogP contribution in [-0.2, 0) is 6.54 Å². The molecule has 1 aromatic carbocycles. The molecular formula is C17H15F3N2O2. The summed E-state index contributed by atoms with van der Waals surface area (Å²) in [5.41, 5.74) is 1.07. The zero-order chi connectivity index (χ0) is 17.9. The van der Waals surface area contributed by atoms with Gasteiger partial charge in [0.2, 0.25) is 5.78 Å². The highest BCUT2D eigenvalue weighted by atomic mass is 19.4. The third-order valence-electron chi connectivity index (χ3n) is 3.58. The molecule has 126 valence electrons. The Morgan fingerprint density at radius 1 is 1.29 bits per heavy atom. The van der Waals surface area contributed by atoms with Crippen molar-refractivity contribution in [3.63, 3.8) is 0 Å². The first-order chi connectivity index (χ1) is 11.2. The molecule has 4 nitrogen and oxygen atoms in total. The number of halogens is 3.